The van der Waals surface area contributed by atoms with Crippen molar-refractivity contribution in [3.05, 3.63) is 82.1 Å². The summed E-state index contributed by atoms with van der Waals surface area (Å²) in [4.78, 5) is 21.0. The number of pyridine rings is 1. The molecule has 0 fully saturated rings. The van der Waals surface area contributed by atoms with Crippen molar-refractivity contribution in [3.63, 3.8) is 0 Å². The monoisotopic (exact) mass is 394 g/mol. The first kappa shape index (κ1) is 17.5. The van der Waals surface area contributed by atoms with Crippen LogP contribution in [0.2, 0.25) is 0 Å². The van der Waals surface area contributed by atoms with Crippen LogP contribution >= 0.6 is 0 Å². The van der Waals surface area contributed by atoms with Crippen molar-refractivity contribution >= 4 is 0 Å². The van der Waals surface area contributed by atoms with Gasteiger partial charge in [0.05, 0.1) is 36.5 Å². The Hall–Kier alpha value is -3.62. The molecule has 0 saturated heterocycles. The summed E-state index contributed by atoms with van der Waals surface area (Å²) >= 11 is 0. The molecule has 0 radical (unpaired) electrons. The van der Waals surface area contributed by atoms with Gasteiger partial charge in [-0.2, -0.15) is 5.10 Å². The first-order valence-corrected chi connectivity index (χ1v) is 9.06. The Morgan fingerprint density at radius 3 is 2.86 bits per heavy atom. The summed E-state index contributed by atoms with van der Waals surface area (Å²) in [5.41, 5.74) is 2.77. The minimum atomic E-state index is -2.59. The van der Waals surface area contributed by atoms with Crippen LogP contribution in [0.15, 0.2) is 53.7 Å². The Kier molecular flexibility index (Phi) is 3.90. The molecule has 4 heterocycles. The van der Waals surface area contributed by atoms with Crippen molar-refractivity contribution in [1.82, 2.24) is 28.9 Å². The molecule has 146 valence electrons. The minimum absolute atomic E-state index is 0.0839. The van der Waals surface area contributed by atoms with Crippen LogP contribution in [0, 0.1) is 6.92 Å². The Morgan fingerprint density at radius 2 is 2.07 bits per heavy atom. The van der Waals surface area contributed by atoms with Crippen molar-refractivity contribution in [2.24, 2.45) is 0 Å². The maximum atomic E-state index is 13.4. The predicted octanol–water partition coefficient (Wildman–Crippen LogP) is 2.95. The van der Waals surface area contributed by atoms with Gasteiger partial charge in [-0.1, -0.05) is 12.1 Å². The summed E-state index contributed by atoms with van der Waals surface area (Å²) in [6.07, 6.45) is 0.755. The van der Waals surface area contributed by atoms with Gasteiger partial charge in [-0.05, 0) is 25.1 Å². The molecule has 5 rings (SSSR count). The van der Waals surface area contributed by atoms with E-state index < -0.39 is 6.43 Å². The molecule has 0 atom stereocenters. The van der Waals surface area contributed by atoms with E-state index in [0.717, 1.165) is 17.1 Å². The number of alkyl halides is 2. The molecule has 9 heteroatoms. The second-order valence-corrected chi connectivity index (χ2v) is 6.90. The summed E-state index contributed by atoms with van der Waals surface area (Å²) in [6.45, 7) is 2.49. The molecule has 0 saturated carbocycles. The Balaban J connectivity index is 1.68. The molecule has 4 aromatic rings. The van der Waals surface area contributed by atoms with Crippen LogP contribution in [-0.2, 0) is 13.1 Å². The topological polar surface area (TPSA) is 70.5 Å². The van der Waals surface area contributed by atoms with Crippen LogP contribution in [0.1, 0.15) is 29.2 Å². The third kappa shape index (κ3) is 2.86. The molecule has 1 aliphatic heterocycles. The Bertz CT molecular complexity index is 1290. The summed E-state index contributed by atoms with van der Waals surface area (Å²) in [5.74, 6) is 0.928. The van der Waals surface area contributed by atoms with Gasteiger partial charge in [-0.3, -0.25) is 4.79 Å². The number of aryl methyl sites for hydroxylation is 1. The third-order valence-corrected chi connectivity index (χ3v) is 5.07. The number of nitrogens with zero attached hydrogens (tertiary/aromatic N) is 6. The number of imidazole rings is 1. The molecule has 0 unspecified atom stereocenters. The lowest BCUT2D eigenvalue weighted by molar-refractivity contribution is 0.151. The van der Waals surface area contributed by atoms with Crippen molar-refractivity contribution in [1.29, 1.82) is 0 Å². The van der Waals surface area contributed by atoms with Crippen LogP contribution in [0.5, 0.6) is 0 Å². The van der Waals surface area contributed by atoms with Gasteiger partial charge < -0.3 is 9.13 Å². The molecule has 29 heavy (non-hydrogen) atoms. The quantitative estimate of drug-likeness (QED) is 0.472. The van der Waals surface area contributed by atoms with Gasteiger partial charge in [0.15, 0.2) is 11.6 Å². The van der Waals surface area contributed by atoms with E-state index in [2.05, 4.69) is 15.1 Å². The van der Waals surface area contributed by atoms with Crippen LogP contribution in [0.25, 0.3) is 17.1 Å². The molecule has 0 aliphatic carbocycles. The van der Waals surface area contributed by atoms with Crippen molar-refractivity contribution in [2.45, 2.75) is 26.4 Å². The molecule has 0 N–H and O–H groups in total. The fourth-order valence-corrected chi connectivity index (χ4v) is 3.59. The zero-order valence-corrected chi connectivity index (χ0v) is 15.5. The average molecular weight is 394 g/mol. The van der Waals surface area contributed by atoms with Gasteiger partial charge in [-0.15, -0.1) is 0 Å². The van der Waals surface area contributed by atoms with Gasteiger partial charge >= 0.3 is 0 Å². The van der Waals surface area contributed by atoms with E-state index in [-0.39, 0.29) is 17.7 Å². The first-order valence-electron chi connectivity index (χ1n) is 9.06. The van der Waals surface area contributed by atoms with Crippen molar-refractivity contribution in [3.8, 4) is 17.1 Å². The van der Waals surface area contributed by atoms with E-state index >= 15 is 0 Å². The highest BCUT2D eigenvalue weighted by Gasteiger charge is 2.25. The number of aromatic nitrogens is 6. The van der Waals surface area contributed by atoms with E-state index in [1.807, 2.05) is 11.5 Å². The minimum Gasteiger partial charge on any atom is -0.308 e. The lowest BCUT2D eigenvalue weighted by Gasteiger charge is -2.10. The van der Waals surface area contributed by atoms with Crippen LogP contribution in [-0.4, -0.2) is 28.9 Å². The summed E-state index contributed by atoms with van der Waals surface area (Å²) in [5, 5.41) is 4.56. The molecule has 7 nitrogen and oxygen atoms in total. The molecule has 1 aliphatic rings. The summed E-state index contributed by atoms with van der Waals surface area (Å²) in [6, 6.07) is 9.41. The van der Waals surface area contributed by atoms with Crippen molar-refractivity contribution < 1.29 is 8.78 Å². The van der Waals surface area contributed by atoms with Gasteiger partial charge in [0.2, 0.25) is 0 Å². The number of fused-ring (bicyclic) bond motifs is 5. The predicted molar refractivity (Wildman–Crippen MR) is 101 cm³/mol. The smallest absolute Gasteiger partial charge is 0.263 e. The van der Waals surface area contributed by atoms with E-state index in [9.17, 15) is 13.6 Å². The highest BCUT2D eigenvalue weighted by molar-refractivity contribution is 5.70. The fraction of sp³-hybridized carbons (Fsp3) is 0.200. The molecule has 0 amide bonds. The fourth-order valence-electron chi connectivity index (χ4n) is 3.59. The maximum Gasteiger partial charge on any atom is 0.263 e. The lowest BCUT2D eigenvalue weighted by atomic mass is 10.1. The zero-order chi connectivity index (χ0) is 20.1. The molecular formula is C20H16F2N6O. The van der Waals surface area contributed by atoms with Gasteiger partial charge in [0.1, 0.15) is 0 Å². The van der Waals surface area contributed by atoms with Gasteiger partial charge in [-0.25, -0.2) is 23.4 Å². The first-order chi connectivity index (χ1) is 14.0. The van der Waals surface area contributed by atoms with Crippen LogP contribution in [0.3, 0.4) is 0 Å². The van der Waals surface area contributed by atoms with E-state index in [4.69, 9.17) is 0 Å². The number of hydrogen-bond acceptors (Lipinski definition) is 4. The standard InChI is InChI=1S/C20H16F2N6O/c1-12-16-9-28-20(24-17(25-28)10-26-7-3-2-4-18(26)29)14-8-13(19(21)22)5-6-15(14)27(16)11-23-12/h2-8,11,19H,9-10H2,1H3. The van der Waals surface area contributed by atoms with E-state index in [0.29, 0.717) is 23.8 Å². The van der Waals surface area contributed by atoms with Crippen LogP contribution in [0.4, 0.5) is 8.78 Å². The van der Waals surface area contributed by atoms with E-state index in [1.54, 1.807) is 35.4 Å². The zero-order valence-electron chi connectivity index (χ0n) is 15.5. The van der Waals surface area contributed by atoms with E-state index in [1.165, 1.54) is 22.8 Å². The number of benzene rings is 1. The van der Waals surface area contributed by atoms with Gasteiger partial charge in [0.25, 0.3) is 12.0 Å². The second-order valence-electron chi connectivity index (χ2n) is 6.90. The Labute approximate surface area is 163 Å². The largest absolute Gasteiger partial charge is 0.308 e. The highest BCUT2D eigenvalue weighted by Crippen LogP contribution is 2.34. The molecule has 3 aromatic heterocycles. The molecule has 1 aromatic carbocycles. The number of hydrogen-bond donors (Lipinski definition) is 0. The number of halogens is 2. The summed E-state index contributed by atoms with van der Waals surface area (Å²) < 4.78 is 31.8. The highest BCUT2D eigenvalue weighted by atomic mass is 19.3. The normalized spacial score (nSPS) is 12.4. The van der Waals surface area contributed by atoms with Crippen molar-refractivity contribution in [2.75, 3.05) is 0 Å². The van der Waals surface area contributed by atoms with Crippen LogP contribution < -0.4 is 5.56 Å². The SMILES string of the molecule is Cc1ncn2c1Cn1nc(Cn3ccccc3=O)nc1-c1cc(C(F)F)ccc1-2. The third-order valence-electron chi connectivity index (χ3n) is 5.07. The molecule has 0 spiro atoms. The number of rotatable bonds is 3. The molecule has 0 bridgehead atoms. The summed E-state index contributed by atoms with van der Waals surface area (Å²) in [7, 11) is 0. The molecular weight excluding hydrogens is 378 g/mol. The lowest BCUT2D eigenvalue weighted by Crippen LogP contribution is -2.19. The maximum absolute atomic E-state index is 13.4. The average Bonchev–Trinajstić information content (AvgIpc) is 3.24. The Morgan fingerprint density at radius 1 is 1.21 bits per heavy atom. The second kappa shape index (κ2) is 6.47. The van der Waals surface area contributed by atoms with Gasteiger partial charge in [0, 0.05) is 23.4 Å².